The van der Waals surface area contributed by atoms with Crippen LogP contribution in [0.1, 0.15) is 32.1 Å². The van der Waals surface area contributed by atoms with Crippen LogP contribution in [0.4, 0.5) is 4.79 Å². The molecule has 2 saturated heterocycles. The van der Waals surface area contributed by atoms with Crippen molar-refractivity contribution < 1.29 is 33.7 Å². The van der Waals surface area contributed by atoms with Gasteiger partial charge < -0.3 is 19.3 Å². The van der Waals surface area contributed by atoms with E-state index in [0.717, 1.165) is 0 Å². The number of nitrogens with zero attached hydrogens (tertiary/aromatic N) is 1. The highest BCUT2D eigenvalue weighted by molar-refractivity contribution is 6.00. The normalized spacial score (nSPS) is 41.9. The largest absolute Gasteiger partial charge is 0.504 e. The molecular weight excluding hydrogens is 354 g/mol. The second-order valence-electron chi connectivity index (χ2n) is 7.94. The monoisotopic (exact) mass is 375 g/mol. The van der Waals surface area contributed by atoms with Gasteiger partial charge in [-0.05, 0) is 25.7 Å². The lowest BCUT2D eigenvalue weighted by Crippen LogP contribution is -2.61. The van der Waals surface area contributed by atoms with Crippen molar-refractivity contribution in [2.45, 2.75) is 43.4 Å². The average molecular weight is 375 g/mol. The van der Waals surface area contributed by atoms with Gasteiger partial charge in [0.2, 0.25) is 5.72 Å². The first-order chi connectivity index (χ1) is 12.9. The summed E-state index contributed by atoms with van der Waals surface area (Å²) in [6.07, 6.45) is 2.89. The minimum Gasteiger partial charge on any atom is -0.504 e. The highest BCUT2D eigenvalue weighted by Crippen LogP contribution is 2.75. The third kappa shape index (κ3) is 1.55. The molecule has 0 aromatic carbocycles. The van der Waals surface area contributed by atoms with Crippen molar-refractivity contribution in [3.63, 3.8) is 0 Å². The predicted octanol–water partition coefficient (Wildman–Crippen LogP) is 1.61. The number of methoxy groups -OCH3 is 2. The number of hydrogen-bond donors (Lipinski definition) is 1. The Balaban J connectivity index is 1.88. The summed E-state index contributed by atoms with van der Waals surface area (Å²) in [4.78, 5) is 39.4. The molecule has 1 N–H and O–H groups in total. The summed E-state index contributed by atoms with van der Waals surface area (Å²) < 4.78 is 17.2. The number of rotatable bonds is 1. The van der Waals surface area contributed by atoms with E-state index in [9.17, 15) is 19.5 Å². The SMILES string of the molecule is COC(=O)N1CC[C@@]23C4=C(O)C(=O)CC[C@@]45CC[C@@H]2C(=O)C=C(OC)[C@@]13O5. The molecule has 5 aliphatic rings. The lowest BCUT2D eigenvalue weighted by Gasteiger charge is -2.49. The summed E-state index contributed by atoms with van der Waals surface area (Å²) in [5, 5.41) is 10.8. The van der Waals surface area contributed by atoms with E-state index in [0.29, 0.717) is 31.3 Å². The topological polar surface area (TPSA) is 102 Å². The zero-order chi connectivity index (χ0) is 19.2. The van der Waals surface area contributed by atoms with Crippen molar-refractivity contribution in [1.29, 1.82) is 0 Å². The molecule has 0 radical (unpaired) electrons. The van der Waals surface area contributed by atoms with Gasteiger partial charge in [0.15, 0.2) is 23.1 Å². The number of carbonyl (C=O) groups is 3. The maximum Gasteiger partial charge on any atom is 0.412 e. The highest BCUT2D eigenvalue weighted by atomic mass is 16.6. The number of likely N-dealkylation sites (tertiary alicyclic amines) is 1. The number of allylic oxidation sites excluding steroid dienone is 2. The standard InChI is InChI=1S/C19H21NO7/c1-25-13-9-12(22)10-3-5-17-6-4-11(21)14(23)15(17)18(10)7-8-20(16(24)26-2)19(13,18)27-17/h9-10,23H,3-8H2,1-2H3/t10-,17+,18+,19+/m1/s1. The van der Waals surface area contributed by atoms with Gasteiger partial charge in [-0.2, -0.15) is 0 Å². The molecule has 27 heavy (non-hydrogen) atoms. The predicted molar refractivity (Wildman–Crippen MR) is 89.4 cm³/mol. The quantitative estimate of drug-likeness (QED) is 0.743. The number of hydrogen-bond acceptors (Lipinski definition) is 7. The third-order valence-electron chi connectivity index (χ3n) is 7.21. The first kappa shape index (κ1) is 16.8. The van der Waals surface area contributed by atoms with Crippen LogP contribution in [0.25, 0.3) is 0 Å². The van der Waals surface area contributed by atoms with Gasteiger partial charge >= 0.3 is 6.09 Å². The van der Waals surface area contributed by atoms with Crippen LogP contribution in [0.2, 0.25) is 0 Å². The van der Waals surface area contributed by atoms with Crippen molar-refractivity contribution >= 4 is 17.7 Å². The lowest BCUT2D eigenvalue weighted by molar-refractivity contribution is -0.182. The molecule has 3 fully saturated rings. The molecule has 1 spiro atoms. The molecule has 5 rings (SSSR count). The van der Waals surface area contributed by atoms with Gasteiger partial charge in [0.1, 0.15) is 0 Å². The second kappa shape index (κ2) is 4.92. The van der Waals surface area contributed by atoms with E-state index in [1.54, 1.807) is 0 Å². The smallest absolute Gasteiger partial charge is 0.412 e. The van der Waals surface area contributed by atoms with E-state index in [1.165, 1.54) is 25.2 Å². The van der Waals surface area contributed by atoms with Gasteiger partial charge in [0, 0.05) is 30.5 Å². The molecule has 2 aliphatic heterocycles. The molecule has 0 aromatic heterocycles. The number of aliphatic hydroxyl groups excluding tert-OH is 1. The van der Waals surface area contributed by atoms with Crippen LogP contribution in [0.5, 0.6) is 0 Å². The van der Waals surface area contributed by atoms with Crippen LogP contribution >= 0.6 is 0 Å². The van der Waals surface area contributed by atoms with Crippen molar-refractivity contribution in [2.75, 3.05) is 20.8 Å². The molecular formula is C19H21NO7. The van der Waals surface area contributed by atoms with Gasteiger partial charge in [-0.25, -0.2) is 4.79 Å². The maximum atomic E-state index is 13.0. The Hall–Kier alpha value is -2.35. The number of aliphatic hydroxyl groups is 1. The van der Waals surface area contributed by atoms with Crippen molar-refractivity contribution in [3.8, 4) is 0 Å². The van der Waals surface area contributed by atoms with Gasteiger partial charge in [0.05, 0.1) is 25.2 Å². The van der Waals surface area contributed by atoms with E-state index >= 15 is 0 Å². The molecule has 2 heterocycles. The first-order valence-corrected chi connectivity index (χ1v) is 9.21. The molecule has 4 atom stereocenters. The van der Waals surface area contributed by atoms with E-state index in [2.05, 4.69) is 0 Å². The van der Waals surface area contributed by atoms with Crippen molar-refractivity contribution in [1.82, 2.24) is 4.90 Å². The summed E-state index contributed by atoms with van der Waals surface area (Å²) in [5.41, 5.74) is -2.76. The minimum atomic E-state index is -1.38. The van der Waals surface area contributed by atoms with Gasteiger partial charge in [-0.1, -0.05) is 0 Å². The molecule has 144 valence electrons. The summed E-state index contributed by atoms with van der Waals surface area (Å²) in [7, 11) is 2.72. The molecule has 8 nitrogen and oxygen atoms in total. The number of amides is 1. The van der Waals surface area contributed by atoms with Crippen molar-refractivity contribution in [3.05, 3.63) is 23.2 Å². The van der Waals surface area contributed by atoms with E-state index in [1.807, 2.05) is 0 Å². The van der Waals surface area contributed by atoms with Crippen LogP contribution in [0.15, 0.2) is 23.2 Å². The number of ketones is 2. The summed E-state index contributed by atoms with van der Waals surface area (Å²) in [6.45, 7) is 0.276. The van der Waals surface area contributed by atoms with E-state index in [4.69, 9.17) is 14.2 Å². The Morgan fingerprint density at radius 3 is 2.78 bits per heavy atom. The molecule has 0 aromatic rings. The Kier molecular flexibility index (Phi) is 3.06. The molecule has 1 saturated carbocycles. The Bertz CT molecular complexity index is 860. The van der Waals surface area contributed by atoms with Gasteiger partial charge in [-0.15, -0.1) is 0 Å². The maximum absolute atomic E-state index is 13.0. The Labute approximate surface area is 155 Å². The zero-order valence-corrected chi connectivity index (χ0v) is 15.2. The van der Waals surface area contributed by atoms with Crippen LogP contribution in [0.3, 0.4) is 0 Å². The second-order valence-corrected chi connectivity index (χ2v) is 7.94. The fraction of sp³-hybridized carbons (Fsp3) is 0.632. The van der Waals surface area contributed by atoms with Crippen LogP contribution in [0, 0.1) is 11.3 Å². The minimum absolute atomic E-state index is 0.119. The average Bonchev–Trinajstić information content (AvgIpc) is 3.09. The van der Waals surface area contributed by atoms with Crippen LogP contribution in [-0.4, -0.2) is 59.8 Å². The fourth-order valence-corrected chi connectivity index (χ4v) is 6.37. The molecule has 2 bridgehead atoms. The summed E-state index contributed by atoms with van der Waals surface area (Å²) >= 11 is 0. The molecule has 3 aliphatic carbocycles. The van der Waals surface area contributed by atoms with E-state index < -0.39 is 28.8 Å². The number of carbonyl (C=O) groups excluding carboxylic acids is 3. The van der Waals surface area contributed by atoms with E-state index in [-0.39, 0.29) is 36.1 Å². The molecule has 0 unspecified atom stereocenters. The van der Waals surface area contributed by atoms with Crippen molar-refractivity contribution in [2.24, 2.45) is 11.3 Å². The summed E-state index contributed by atoms with van der Waals surface area (Å²) in [6, 6.07) is 0. The molecule has 1 amide bonds. The zero-order valence-electron chi connectivity index (χ0n) is 15.2. The fourth-order valence-electron chi connectivity index (χ4n) is 6.37. The van der Waals surface area contributed by atoms with Gasteiger partial charge in [-0.3, -0.25) is 14.5 Å². The van der Waals surface area contributed by atoms with Gasteiger partial charge in [0.25, 0.3) is 0 Å². The molecule has 8 heteroatoms. The lowest BCUT2D eigenvalue weighted by atomic mass is 9.51. The first-order valence-electron chi connectivity index (χ1n) is 9.21. The summed E-state index contributed by atoms with van der Waals surface area (Å²) in [5.74, 6) is -1.01. The highest BCUT2D eigenvalue weighted by Gasteiger charge is 2.83. The third-order valence-corrected chi connectivity index (χ3v) is 7.21. The van der Waals surface area contributed by atoms with Crippen LogP contribution in [-0.2, 0) is 23.8 Å². The number of Topliss-reactive ketones (excluding diaryl/α,β-unsaturated/α-hetero) is 1. The number of ether oxygens (including phenoxy) is 3. The Morgan fingerprint density at radius 2 is 2.07 bits per heavy atom. The Morgan fingerprint density at radius 1 is 1.30 bits per heavy atom. The van der Waals surface area contributed by atoms with Crippen LogP contribution < -0.4 is 0 Å².